The van der Waals surface area contributed by atoms with Crippen LogP contribution < -0.4 is 10.1 Å². The third-order valence-corrected chi connectivity index (χ3v) is 4.76. The number of rotatable bonds is 7. The molecule has 0 saturated carbocycles. The molecule has 9 heteroatoms. The van der Waals surface area contributed by atoms with E-state index in [4.69, 9.17) is 21.1 Å². The van der Waals surface area contributed by atoms with Gasteiger partial charge in [-0.15, -0.1) is 0 Å². The highest BCUT2D eigenvalue weighted by atomic mass is 35.5. The molecule has 1 atom stereocenters. The largest absolute Gasteiger partial charge is 0.495 e. The number of hydrogen-bond acceptors (Lipinski definition) is 6. The van der Waals surface area contributed by atoms with E-state index < -0.39 is 27.8 Å². The minimum absolute atomic E-state index is 0.154. The number of benzene rings is 2. The van der Waals surface area contributed by atoms with Crippen LogP contribution in [0.4, 0.5) is 5.69 Å². The number of methoxy groups -OCH3 is 1. The fraction of sp³-hybridized carbons (Fsp3) is 0.263. The molecule has 0 spiro atoms. The zero-order chi connectivity index (χ0) is 20.9. The molecule has 1 unspecified atom stereocenters. The minimum Gasteiger partial charge on any atom is -0.495 e. The number of nitrogens with one attached hydrogen (secondary N) is 1. The van der Waals surface area contributed by atoms with Gasteiger partial charge in [-0.2, -0.15) is 0 Å². The topological polar surface area (TPSA) is 98.8 Å². The molecule has 2 aromatic rings. The molecule has 0 saturated heterocycles. The molecule has 1 N–H and O–H groups in total. The van der Waals surface area contributed by atoms with E-state index in [1.165, 1.54) is 32.2 Å². The average Bonchev–Trinajstić information content (AvgIpc) is 2.60. The number of esters is 1. The van der Waals surface area contributed by atoms with E-state index >= 15 is 0 Å². The third-order valence-electron chi connectivity index (χ3n) is 3.66. The van der Waals surface area contributed by atoms with Crippen LogP contribution in [-0.4, -0.2) is 39.8 Å². The summed E-state index contributed by atoms with van der Waals surface area (Å²) in [5, 5.41) is 3.00. The molecule has 0 aromatic heterocycles. The van der Waals surface area contributed by atoms with Gasteiger partial charge in [0.2, 0.25) is 0 Å². The van der Waals surface area contributed by atoms with Crippen molar-refractivity contribution in [2.45, 2.75) is 18.8 Å². The van der Waals surface area contributed by atoms with Gasteiger partial charge in [-0.1, -0.05) is 23.7 Å². The Morgan fingerprint density at radius 3 is 2.54 bits per heavy atom. The molecule has 1 amide bonds. The summed E-state index contributed by atoms with van der Waals surface area (Å²) in [6.07, 6.45) is 0.00359. The van der Waals surface area contributed by atoms with Crippen LogP contribution in [0.15, 0.2) is 42.5 Å². The number of anilines is 1. The van der Waals surface area contributed by atoms with Crippen molar-refractivity contribution in [3.05, 3.63) is 58.6 Å². The molecule has 0 aliphatic heterocycles. The lowest BCUT2D eigenvalue weighted by atomic mass is 10.1. The normalized spacial score (nSPS) is 12.1. The van der Waals surface area contributed by atoms with E-state index in [2.05, 4.69) is 5.32 Å². The molecule has 0 fully saturated rings. The Bertz CT molecular complexity index is 990. The van der Waals surface area contributed by atoms with Gasteiger partial charge in [-0.25, -0.2) is 13.2 Å². The van der Waals surface area contributed by atoms with Gasteiger partial charge in [0.25, 0.3) is 5.91 Å². The first-order chi connectivity index (χ1) is 13.1. The fourth-order valence-electron chi connectivity index (χ4n) is 2.39. The molecule has 28 heavy (non-hydrogen) atoms. The van der Waals surface area contributed by atoms with Crippen molar-refractivity contribution in [3.8, 4) is 5.75 Å². The molecule has 0 bridgehead atoms. The Balaban J connectivity index is 2.07. The number of ether oxygens (including phenoxy) is 2. The summed E-state index contributed by atoms with van der Waals surface area (Å²) in [4.78, 5) is 24.7. The number of carbonyl (C=O) groups excluding carboxylic acids is 2. The van der Waals surface area contributed by atoms with E-state index in [1.54, 1.807) is 24.3 Å². The number of hydrogen-bond donors (Lipinski definition) is 1. The summed E-state index contributed by atoms with van der Waals surface area (Å²) in [7, 11) is -1.79. The predicted molar refractivity (Wildman–Crippen MR) is 107 cm³/mol. The monoisotopic (exact) mass is 425 g/mol. The van der Waals surface area contributed by atoms with Gasteiger partial charge in [-0.3, -0.25) is 4.79 Å². The van der Waals surface area contributed by atoms with Crippen LogP contribution in [-0.2, 0) is 25.1 Å². The second-order valence-corrected chi connectivity index (χ2v) is 8.73. The highest BCUT2D eigenvalue weighted by Crippen LogP contribution is 2.27. The predicted octanol–water partition coefficient (Wildman–Crippen LogP) is 3.08. The first-order valence-corrected chi connectivity index (χ1v) is 10.6. The van der Waals surface area contributed by atoms with E-state index in [0.717, 1.165) is 6.26 Å². The van der Waals surface area contributed by atoms with E-state index in [9.17, 15) is 18.0 Å². The van der Waals surface area contributed by atoms with Crippen LogP contribution >= 0.6 is 11.6 Å². The van der Waals surface area contributed by atoms with Gasteiger partial charge in [0.1, 0.15) is 5.75 Å². The van der Waals surface area contributed by atoms with E-state index in [1.807, 2.05) is 0 Å². The Hall–Kier alpha value is -2.58. The Kier molecular flexibility index (Phi) is 7.04. The highest BCUT2D eigenvalue weighted by Gasteiger charge is 2.21. The molecule has 0 aliphatic carbocycles. The lowest BCUT2D eigenvalue weighted by Gasteiger charge is -2.15. The van der Waals surface area contributed by atoms with Gasteiger partial charge in [0.05, 0.1) is 24.1 Å². The summed E-state index contributed by atoms with van der Waals surface area (Å²) >= 11 is 5.93. The lowest BCUT2D eigenvalue weighted by Crippen LogP contribution is -2.30. The molecule has 0 aliphatic rings. The molecular weight excluding hydrogens is 406 g/mol. The van der Waals surface area contributed by atoms with Crippen molar-refractivity contribution in [3.63, 3.8) is 0 Å². The zero-order valence-corrected chi connectivity index (χ0v) is 17.1. The second-order valence-electron chi connectivity index (χ2n) is 6.15. The second kappa shape index (κ2) is 9.07. The van der Waals surface area contributed by atoms with Crippen LogP contribution in [0.25, 0.3) is 0 Å². The SMILES string of the molecule is COc1ccc(Cl)cc1NC(=O)C(C)OC(=O)c1cccc(CS(C)(=O)=O)c1. The number of sulfone groups is 1. The molecule has 7 nitrogen and oxygen atoms in total. The van der Waals surface area contributed by atoms with Crippen molar-refractivity contribution in [2.75, 3.05) is 18.7 Å². The summed E-state index contributed by atoms with van der Waals surface area (Å²) in [5.74, 6) is -1.10. The van der Waals surface area contributed by atoms with Crippen molar-refractivity contribution in [1.82, 2.24) is 0 Å². The molecule has 2 aromatic carbocycles. The van der Waals surface area contributed by atoms with Crippen LogP contribution in [0.5, 0.6) is 5.75 Å². The third kappa shape index (κ3) is 6.24. The first kappa shape index (κ1) is 21.7. The van der Waals surface area contributed by atoms with Gasteiger partial charge in [0.15, 0.2) is 15.9 Å². The summed E-state index contributed by atoms with van der Waals surface area (Å²) < 4.78 is 33.2. The Morgan fingerprint density at radius 2 is 1.89 bits per heavy atom. The van der Waals surface area contributed by atoms with Crippen LogP contribution in [0.1, 0.15) is 22.8 Å². The average molecular weight is 426 g/mol. The van der Waals surface area contributed by atoms with Gasteiger partial charge >= 0.3 is 5.97 Å². The molecular formula is C19H20ClNO6S. The lowest BCUT2D eigenvalue weighted by molar-refractivity contribution is -0.123. The molecule has 150 valence electrons. The summed E-state index contributed by atoms with van der Waals surface area (Å²) in [6.45, 7) is 1.42. The highest BCUT2D eigenvalue weighted by molar-refractivity contribution is 7.89. The minimum atomic E-state index is -3.24. The summed E-state index contributed by atoms with van der Waals surface area (Å²) in [5.41, 5.74) is 0.955. The summed E-state index contributed by atoms with van der Waals surface area (Å²) in [6, 6.07) is 10.8. The zero-order valence-electron chi connectivity index (χ0n) is 15.6. The van der Waals surface area contributed by atoms with Gasteiger partial charge < -0.3 is 14.8 Å². The maximum Gasteiger partial charge on any atom is 0.338 e. The van der Waals surface area contributed by atoms with Crippen LogP contribution in [0.2, 0.25) is 5.02 Å². The van der Waals surface area contributed by atoms with Crippen LogP contribution in [0.3, 0.4) is 0 Å². The Morgan fingerprint density at radius 1 is 1.18 bits per heavy atom. The number of amides is 1. The van der Waals surface area contributed by atoms with Crippen molar-refractivity contribution >= 4 is 39.0 Å². The maximum absolute atomic E-state index is 12.3. The maximum atomic E-state index is 12.3. The molecule has 0 radical (unpaired) electrons. The van der Waals surface area contributed by atoms with Gasteiger partial charge in [-0.05, 0) is 42.8 Å². The van der Waals surface area contributed by atoms with Crippen molar-refractivity contribution in [1.29, 1.82) is 0 Å². The Labute approximate surface area is 168 Å². The fourth-order valence-corrected chi connectivity index (χ4v) is 3.34. The molecule has 0 heterocycles. The number of halogens is 1. The standard InChI is InChI=1S/C19H20ClNO6S/c1-12(18(22)21-16-10-15(20)7-8-17(16)26-2)27-19(23)14-6-4-5-13(9-14)11-28(3,24)25/h4-10,12H,11H2,1-3H3,(H,21,22). The van der Waals surface area contributed by atoms with Crippen molar-refractivity contribution in [2.24, 2.45) is 0 Å². The van der Waals surface area contributed by atoms with E-state index in [-0.39, 0.29) is 11.3 Å². The van der Waals surface area contributed by atoms with Crippen molar-refractivity contribution < 1.29 is 27.5 Å². The van der Waals surface area contributed by atoms with E-state index in [0.29, 0.717) is 22.0 Å². The smallest absolute Gasteiger partial charge is 0.338 e. The number of carbonyl (C=O) groups is 2. The quantitative estimate of drug-likeness (QED) is 0.684. The first-order valence-electron chi connectivity index (χ1n) is 8.21. The van der Waals surface area contributed by atoms with Crippen LogP contribution in [0, 0.1) is 0 Å². The molecule has 2 rings (SSSR count). The van der Waals surface area contributed by atoms with Gasteiger partial charge in [0, 0.05) is 11.3 Å².